The molecule has 142 valence electrons. The number of aromatic nitrogens is 1. The Hall–Kier alpha value is -3.55. The molecule has 3 heterocycles. The molecule has 0 N–H and O–H groups in total. The van der Waals surface area contributed by atoms with Crippen LogP contribution in [0.15, 0.2) is 48.8 Å². The average molecular weight is 379 g/mol. The zero-order valence-electron chi connectivity index (χ0n) is 14.9. The number of benzene rings is 1. The molecule has 0 unspecified atom stereocenters. The molecule has 8 heteroatoms. The summed E-state index contributed by atoms with van der Waals surface area (Å²) in [6.07, 6.45) is 3.89. The minimum absolute atomic E-state index is 0.139. The molecule has 0 radical (unpaired) electrons. The number of rotatable bonds is 3. The summed E-state index contributed by atoms with van der Waals surface area (Å²) in [6.45, 7) is 0.769. The predicted molar refractivity (Wildman–Crippen MR) is 95.9 cm³/mol. The number of piperidine rings is 1. The van der Waals surface area contributed by atoms with E-state index in [2.05, 4.69) is 4.98 Å². The minimum Gasteiger partial charge on any atom is -0.339 e. The monoisotopic (exact) mass is 379 g/mol. The first-order chi connectivity index (χ1) is 13.6. The van der Waals surface area contributed by atoms with E-state index in [1.54, 1.807) is 35.4 Å². The van der Waals surface area contributed by atoms with Gasteiger partial charge in [-0.05, 0) is 37.1 Å². The first kappa shape index (κ1) is 17.8. The number of nitrogens with zero attached hydrogens (tertiary/aromatic N) is 3. The molecule has 0 bridgehead atoms. The maximum absolute atomic E-state index is 12.5. The standard InChI is InChI=1S/C20H17N3O5/c24-17(14-4-3-9-21-12-14)22-10-7-13(8-11-22)20(27)28-23-18(25)15-5-1-2-6-16(15)19(23)26/h1-6,9,12-13H,7-8,10-11H2. The van der Waals surface area contributed by atoms with Crippen molar-refractivity contribution in [1.29, 1.82) is 0 Å². The van der Waals surface area contributed by atoms with Gasteiger partial charge >= 0.3 is 5.97 Å². The SMILES string of the molecule is O=C(ON1C(=O)c2ccccc2C1=O)C1CCN(C(=O)c2cccnc2)CC1. The van der Waals surface area contributed by atoms with E-state index in [4.69, 9.17) is 4.84 Å². The molecule has 2 aliphatic heterocycles. The van der Waals surface area contributed by atoms with Crippen molar-refractivity contribution >= 4 is 23.7 Å². The zero-order valence-corrected chi connectivity index (χ0v) is 14.9. The molecule has 8 nitrogen and oxygen atoms in total. The van der Waals surface area contributed by atoms with E-state index in [0.717, 1.165) is 0 Å². The fourth-order valence-electron chi connectivity index (χ4n) is 3.40. The second kappa shape index (κ2) is 7.22. The summed E-state index contributed by atoms with van der Waals surface area (Å²) in [7, 11) is 0. The van der Waals surface area contributed by atoms with Crippen LogP contribution < -0.4 is 0 Å². The molecule has 28 heavy (non-hydrogen) atoms. The first-order valence-electron chi connectivity index (χ1n) is 8.95. The molecule has 0 atom stereocenters. The fourth-order valence-corrected chi connectivity index (χ4v) is 3.40. The highest BCUT2D eigenvalue weighted by Gasteiger charge is 2.40. The van der Waals surface area contributed by atoms with Gasteiger partial charge in [0, 0.05) is 25.5 Å². The van der Waals surface area contributed by atoms with Gasteiger partial charge in [-0.2, -0.15) is 0 Å². The Labute approximate surface area is 160 Å². The third kappa shape index (κ3) is 3.13. The third-order valence-electron chi connectivity index (χ3n) is 4.96. The maximum atomic E-state index is 12.5. The van der Waals surface area contributed by atoms with Crippen LogP contribution in [0, 0.1) is 5.92 Å². The summed E-state index contributed by atoms with van der Waals surface area (Å²) in [5, 5.41) is 0.528. The van der Waals surface area contributed by atoms with Crippen LogP contribution in [0.3, 0.4) is 0 Å². The molecule has 3 amide bonds. The van der Waals surface area contributed by atoms with Gasteiger partial charge in [0.2, 0.25) is 0 Å². The van der Waals surface area contributed by atoms with Crippen LogP contribution in [0.2, 0.25) is 0 Å². The molecule has 0 aliphatic carbocycles. The van der Waals surface area contributed by atoms with Crippen molar-refractivity contribution < 1.29 is 24.0 Å². The molecule has 4 rings (SSSR count). The van der Waals surface area contributed by atoms with Gasteiger partial charge in [-0.25, -0.2) is 4.79 Å². The number of amides is 3. The quantitative estimate of drug-likeness (QED) is 0.753. The molecule has 1 aromatic carbocycles. The summed E-state index contributed by atoms with van der Waals surface area (Å²) in [4.78, 5) is 60.2. The van der Waals surface area contributed by atoms with Gasteiger partial charge in [0.1, 0.15) is 0 Å². The number of imide groups is 1. The number of carbonyl (C=O) groups excluding carboxylic acids is 4. The molecule has 1 aromatic heterocycles. The average Bonchev–Trinajstić information content (AvgIpc) is 2.99. The topological polar surface area (TPSA) is 96.9 Å². The van der Waals surface area contributed by atoms with Gasteiger partial charge in [0.15, 0.2) is 0 Å². The van der Waals surface area contributed by atoms with Crippen LogP contribution >= 0.6 is 0 Å². The lowest BCUT2D eigenvalue weighted by Gasteiger charge is -2.31. The van der Waals surface area contributed by atoms with Gasteiger partial charge < -0.3 is 9.74 Å². The first-order valence-corrected chi connectivity index (χ1v) is 8.95. The molecule has 2 aliphatic rings. The lowest BCUT2D eigenvalue weighted by molar-refractivity contribution is -0.175. The van der Waals surface area contributed by atoms with Crippen molar-refractivity contribution in [3.63, 3.8) is 0 Å². The van der Waals surface area contributed by atoms with E-state index in [9.17, 15) is 19.2 Å². The summed E-state index contributed by atoms with van der Waals surface area (Å²) in [5.41, 5.74) is 0.934. The van der Waals surface area contributed by atoms with Crippen LogP contribution in [-0.2, 0) is 9.63 Å². The highest BCUT2D eigenvalue weighted by atomic mass is 16.7. The van der Waals surface area contributed by atoms with Crippen LogP contribution in [-0.4, -0.2) is 51.7 Å². The molecule has 0 spiro atoms. The number of fused-ring (bicyclic) bond motifs is 1. The van der Waals surface area contributed by atoms with Crippen molar-refractivity contribution in [2.24, 2.45) is 5.92 Å². The summed E-state index contributed by atoms with van der Waals surface area (Å²) < 4.78 is 0. The van der Waals surface area contributed by atoms with E-state index >= 15 is 0 Å². The van der Waals surface area contributed by atoms with Crippen molar-refractivity contribution in [2.45, 2.75) is 12.8 Å². The molecule has 2 aromatic rings. The number of likely N-dealkylation sites (tertiary alicyclic amines) is 1. The molecular weight excluding hydrogens is 362 g/mol. The zero-order chi connectivity index (χ0) is 19.7. The van der Waals surface area contributed by atoms with Crippen LogP contribution in [0.4, 0.5) is 0 Å². The van der Waals surface area contributed by atoms with Crippen molar-refractivity contribution in [3.8, 4) is 0 Å². The summed E-state index contributed by atoms with van der Waals surface area (Å²) >= 11 is 0. The largest absolute Gasteiger partial charge is 0.339 e. The number of hydrogen-bond donors (Lipinski definition) is 0. The van der Waals surface area contributed by atoms with Crippen molar-refractivity contribution in [2.75, 3.05) is 13.1 Å². The normalized spacial score (nSPS) is 16.9. The number of pyridine rings is 1. The Kier molecular flexibility index (Phi) is 4.60. The number of hydroxylamine groups is 2. The predicted octanol–water partition coefficient (Wildman–Crippen LogP) is 1.69. The van der Waals surface area contributed by atoms with Crippen LogP contribution in [0.25, 0.3) is 0 Å². The Morgan fingerprint density at radius 2 is 1.61 bits per heavy atom. The third-order valence-corrected chi connectivity index (χ3v) is 4.96. The highest BCUT2D eigenvalue weighted by molar-refractivity contribution is 6.20. The number of carbonyl (C=O) groups is 4. The van der Waals surface area contributed by atoms with E-state index in [-0.39, 0.29) is 17.0 Å². The second-order valence-electron chi connectivity index (χ2n) is 6.67. The molecule has 0 saturated carbocycles. The van der Waals surface area contributed by atoms with Crippen LogP contribution in [0.1, 0.15) is 43.9 Å². The Balaban J connectivity index is 1.36. The lowest BCUT2D eigenvalue weighted by atomic mass is 9.96. The Morgan fingerprint density at radius 1 is 0.964 bits per heavy atom. The number of hydrogen-bond acceptors (Lipinski definition) is 6. The van der Waals surface area contributed by atoms with Crippen molar-refractivity contribution in [1.82, 2.24) is 14.9 Å². The smallest absolute Gasteiger partial charge is 0.336 e. The molecular formula is C20H17N3O5. The second-order valence-corrected chi connectivity index (χ2v) is 6.67. The van der Waals surface area contributed by atoms with E-state index in [1.807, 2.05) is 0 Å². The summed E-state index contributed by atoms with van der Waals surface area (Å²) in [5.74, 6) is -2.54. The van der Waals surface area contributed by atoms with E-state index in [1.165, 1.54) is 18.3 Å². The maximum Gasteiger partial charge on any atom is 0.336 e. The van der Waals surface area contributed by atoms with Crippen molar-refractivity contribution in [3.05, 3.63) is 65.5 Å². The lowest BCUT2D eigenvalue weighted by Crippen LogP contribution is -2.42. The van der Waals surface area contributed by atoms with Gasteiger partial charge in [-0.3, -0.25) is 19.4 Å². The van der Waals surface area contributed by atoms with Crippen LogP contribution in [0.5, 0.6) is 0 Å². The minimum atomic E-state index is -0.641. The van der Waals surface area contributed by atoms with E-state index < -0.39 is 23.7 Å². The van der Waals surface area contributed by atoms with Gasteiger partial charge in [-0.15, -0.1) is 0 Å². The highest BCUT2D eigenvalue weighted by Crippen LogP contribution is 2.25. The molecule has 1 fully saturated rings. The Morgan fingerprint density at radius 3 is 2.18 bits per heavy atom. The van der Waals surface area contributed by atoms with E-state index in [0.29, 0.717) is 36.6 Å². The van der Waals surface area contributed by atoms with Gasteiger partial charge in [0.05, 0.1) is 22.6 Å². The molecule has 1 saturated heterocycles. The fraction of sp³-hybridized carbons (Fsp3) is 0.250. The van der Waals surface area contributed by atoms with Gasteiger partial charge in [0.25, 0.3) is 17.7 Å². The van der Waals surface area contributed by atoms with Gasteiger partial charge in [-0.1, -0.05) is 17.2 Å². The summed E-state index contributed by atoms with van der Waals surface area (Å²) in [6, 6.07) is 9.71. The Bertz CT molecular complexity index is 916.